The third kappa shape index (κ3) is 2.02. The number of rotatable bonds is 3. The minimum Gasteiger partial charge on any atom is -0.454 e. The van der Waals surface area contributed by atoms with Gasteiger partial charge in [0.2, 0.25) is 12.7 Å². The van der Waals surface area contributed by atoms with Gasteiger partial charge in [0.15, 0.2) is 11.5 Å². The van der Waals surface area contributed by atoms with E-state index in [1.165, 1.54) is 0 Å². The van der Waals surface area contributed by atoms with Gasteiger partial charge in [0.25, 0.3) is 0 Å². The van der Waals surface area contributed by atoms with Crippen LogP contribution < -0.4 is 20.9 Å². The number of hydrogen-bond donors (Lipinski definition) is 2. The van der Waals surface area contributed by atoms with Crippen LogP contribution >= 0.6 is 0 Å². The van der Waals surface area contributed by atoms with Gasteiger partial charge in [-0.2, -0.15) is 0 Å². The van der Waals surface area contributed by atoms with Crippen molar-refractivity contribution in [3.63, 3.8) is 0 Å². The lowest BCUT2D eigenvalue weighted by Crippen LogP contribution is -2.38. The topological polar surface area (TPSA) is 87.6 Å². The van der Waals surface area contributed by atoms with Crippen LogP contribution in [0.5, 0.6) is 11.5 Å². The molecule has 1 aliphatic rings. The molecule has 1 aliphatic heterocycles. The summed E-state index contributed by atoms with van der Waals surface area (Å²) < 4.78 is 10.4. The van der Waals surface area contributed by atoms with Crippen LogP contribution in [0.4, 0.5) is 0 Å². The Morgan fingerprint density at radius 2 is 2.13 bits per heavy atom. The second kappa shape index (κ2) is 3.78. The SMILES string of the molecule is NC(=O)[C@@H](N)Cc1ccc2c(c1)OCO2. The number of nitrogens with two attached hydrogens (primary N) is 2. The summed E-state index contributed by atoms with van der Waals surface area (Å²) in [6.45, 7) is 0.237. The van der Waals surface area contributed by atoms with Crippen molar-refractivity contribution in [3.05, 3.63) is 23.8 Å². The summed E-state index contributed by atoms with van der Waals surface area (Å²) in [5.74, 6) is 0.892. The van der Waals surface area contributed by atoms with Crippen molar-refractivity contribution in [1.29, 1.82) is 0 Å². The van der Waals surface area contributed by atoms with E-state index in [9.17, 15) is 4.79 Å². The molecule has 1 aromatic carbocycles. The molecule has 0 radical (unpaired) electrons. The number of primary amides is 1. The first kappa shape index (κ1) is 9.79. The number of ether oxygens (including phenoxy) is 2. The summed E-state index contributed by atoms with van der Waals surface area (Å²) >= 11 is 0. The molecule has 1 heterocycles. The Balaban J connectivity index is 2.13. The smallest absolute Gasteiger partial charge is 0.234 e. The lowest BCUT2D eigenvalue weighted by Gasteiger charge is -2.07. The molecule has 2 rings (SSSR count). The second-order valence-corrected chi connectivity index (χ2v) is 3.40. The Kier molecular flexibility index (Phi) is 2.47. The van der Waals surface area contributed by atoms with Crippen molar-refractivity contribution < 1.29 is 14.3 Å². The zero-order valence-electron chi connectivity index (χ0n) is 8.10. The molecule has 15 heavy (non-hydrogen) atoms. The zero-order valence-corrected chi connectivity index (χ0v) is 8.10. The molecule has 0 spiro atoms. The molecule has 0 bridgehead atoms. The minimum atomic E-state index is -0.662. The summed E-state index contributed by atoms with van der Waals surface area (Å²) in [7, 11) is 0. The third-order valence-corrected chi connectivity index (χ3v) is 2.26. The predicted molar refractivity (Wildman–Crippen MR) is 53.4 cm³/mol. The zero-order chi connectivity index (χ0) is 10.8. The number of benzene rings is 1. The van der Waals surface area contributed by atoms with Crippen LogP contribution in [0.15, 0.2) is 18.2 Å². The maximum Gasteiger partial charge on any atom is 0.234 e. The molecule has 0 fully saturated rings. The van der Waals surface area contributed by atoms with Crippen molar-refractivity contribution in [3.8, 4) is 11.5 Å². The van der Waals surface area contributed by atoms with Gasteiger partial charge in [-0.3, -0.25) is 4.79 Å². The fourth-order valence-electron chi connectivity index (χ4n) is 1.42. The maximum absolute atomic E-state index is 10.8. The molecule has 5 heteroatoms. The van der Waals surface area contributed by atoms with Crippen molar-refractivity contribution >= 4 is 5.91 Å². The Hall–Kier alpha value is -1.75. The van der Waals surface area contributed by atoms with E-state index < -0.39 is 11.9 Å². The number of amides is 1. The van der Waals surface area contributed by atoms with Crippen molar-refractivity contribution in [2.24, 2.45) is 11.5 Å². The quantitative estimate of drug-likeness (QED) is 0.718. The minimum absolute atomic E-state index is 0.237. The van der Waals surface area contributed by atoms with Crippen LogP contribution in [0.1, 0.15) is 5.56 Å². The van der Waals surface area contributed by atoms with E-state index in [4.69, 9.17) is 20.9 Å². The summed E-state index contributed by atoms with van der Waals surface area (Å²) in [5, 5.41) is 0. The van der Waals surface area contributed by atoms with Crippen LogP contribution in [-0.4, -0.2) is 18.7 Å². The first-order valence-electron chi connectivity index (χ1n) is 4.60. The van der Waals surface area contributed by atoms with Gasteiger partial charge in [-0.1, -0.05) is 6.07 Å². The lowest BCUT2D eigenvalue weighted by molar-refractivity contribution is -0.119. The molecule has 80 valence electrons. The first-order valence-corrected chi connectivity index (χ1v) is 4.60. The second-order valence-electron chi connectivity index (χ2n) is 3.40. The van der Waals surface area contributed by atoms with E-state index in [-0.39, 0.29) is 6.79 Å². The highest BCUT2D eigenvalue weighted by Gasteiger charge is 2.15. The number of carbonyl (C=O) groups excluding carboxylic acids is 1. The van der Waals surface area contributed by atoms with Crippen LogP contribution in [0.3, 0.4) is 0 Å². The van der Waals surface area contributed by atoms with E-state index in [0.29, 0.717) is 17.9 Å². The Bertz CT molecular complexity index is 392. The fourth-order valence-corrected chi connectivity index (χ4v) is 1.42. The lowest BCUT2D eigenvalue weighted by atomic mass is 10.1. The molecule has 0 saturated carbocycles. The average Bonchev–Trinajstić information content (AvgIpc) is 2.64. The van der Waals surface area contributed by atoms with Gasteiger partial charge >= 0.3 is 0 Å². The molecule has 1 atom stereocenters. The number of fused-ring (bicyclic) bond motifs is 1. The van der Waals surface area contributed by atoms with Crippen LogP contribution in [0.25, 0.3) is 0 Å². The van der Waals surface area contributed by atoms with E-state index >= 15 is 0 Å². The van der Waals surface area contributed by atoms with Gasteiger partial charge in [-0.15, -0.1) is 0 Å². The predicted octanol–water partition coefficient (Wildman–Crippen LogP) is -0.230. The van der Waals surface area contributed by atoms with E-state index in [2.05, 4.69) is 0 Å². The molecule has 4 N–H and O–H groups in total. The highest BCUT2D eigenvalue weighted by atomic mass is 16.7. The molecule has 0 aromatic heterocycles. The Morgan fingerprint density at radius 3 is 2.87 bits per heavy atom. The highest BCUT2D eigenvalue weighted by molar-refractivity contribution is 5.79. The average molecular weight is 208 g/mol. The van der Waals surface area contributed by atoms with Gasteiger partial charge in [-0.25, -0.2) is 0 Å². The van der Waals surface area contributed by atoms with Gasteiger partial charge in [0.05, 0.1) is 6.04 Å². The van der Waals surface area contributed by atoms with Gasteiger partial charge < -0.3 is 20.9 Å². The third-order valence-electron chi connectivity index (χ3n) is 2.26. The van der Waals surface area contributed by atoms with Crippen molar-refractivity contribution in [2.45, 2.75) is 12.5 Å². The normalized spacial score (nSPS) is 15.0. The maximum atomic E-state index is 10.8. The summed E-state index contributed by atoms with van der Waals surface area (Å²) in [6.07, 6.45) is 0.409. The van der Waals surface area contributed by atoms with Gasteiger partial charge in [0, 0.05) is 0 Å². The molecule has 0 aliphatic carbocycles. The Labute approximate surface area is 87.0 Å². The summed E-state index contributed by atoms with van der Waals surface area (Å²) in [4.78, 5) is 10.8. The molecule has 5 nitrogen and oxygen atoms in total. The van der Waals surface area contributed by atoms with Crippen molar-refractivity contribution in [1.82, 2.24) is 0 Å². The number of carbonyl (C=O) groups is 1. The van der Waals surface area contributed by atoms with E-state index in [1.807, 2.05) is 12.1 Å². The van der Waals surface area contributed by atoms with Crippen LogP contribution in [-0.2, 0) is 11.2 Å². The summed E-state index contributed by atoms with van der Waals surface area (Å²) in [6, 6.07) is 4.79. The van der Waals surface area contributed by atoms with E-state index in [0.717, 1.165) is 5.56 Å². The Morgan fingerprint density at radius 1 is 1.40 bits per heavy atom. The first-order chi connectivity index (χ1) is 7.16. The van der Waals surface area contributed by atoms with E-state index in [1.54, 1.807) is 6.07 Å². The highest BCUT2D eigenvalue weighted by Crippen LogP contribution is 2.32. The molecule has 0 unspecified atom stereocenters. The fraction of sp³-hybridized carbons (Fsp3) is 0.300. The molecule has 0 saturated heterocycles. The van der Waals surface area contributed by atoms with Gasteiger partial charge in [0.1, 0.15) is 0 Å². The van der Waals surface area contributed by atoms with Crippen LogP contribution in [0.2, 0.25) is 0 Å². The number of hydrogen-bond acceptors (Lipinski definition) is 4. The standard InChI is InChI=1S/C10H12N2O3/c11-7(10(12)13)3-6-1-2-8-9(4-6)15-5-14-8/h1-2,4,7H,3,5,11H2,(H2,12,13)/t7-/m0/s1. The van der Waals surface area contributed by atoms with Crippen molar-refractivity contribution in [2.75, 3.05) is 6.79 Å². The monoisotopic (exact) mass is 208 g/mol. The largest absolute Gasteiger partial charge is 0.454 e. The van der Waals surface area contributed by atoms with Gasteiger partial charge in [-0.05, 0) is 24.1 Å². The molecular weight excluding hydrogens is 196 g/mol. The summed E-state index contributed by atoms with van der Waals surface area (Å²) in [5.41, 5.74) is 11.5. The molecule has 1 amide bonds. The van der Waals surface area contributed by atoms with Crippen LogP contribution in [0, 0.1) is 0 Å². The molecular formula is C10H12N2O3. The molecule has 1 aromatic rings.